The largest absolute Gasteiger partial charge is 0.370 e. The molecule has 0 amide bonds. The molecule has 1 aromatic heterocycles. The van der Waals surface area contributed by atoms with Crippen LogP contribution in [0.25, 0.3) is 0 Å². The molecule has 0 fully saturated rings. The van der Waals surface area contributed by atoms with Crippen molar-refractivity contribution in [2.24, 2.45) is 5.73 Å². The van der Waals surface area contributed by atoms with Gasteiger partial charge in [0.2, 0.25) is 0 Å². The third-order valence-corrected chi connectivity index (χ3v) is 1.97. The van der Waals surface area contributed by atoms with Crippen LogP contribution in [-0.2, 0) is 0 Å². The van der Waals surface area contributed by atoms with Crippen molar-refractivity contribution >= 4 is 11.5 Å². The van der Waals surface area contributed by atoms with Gasteiger partial charge < -0.3 is 11.1 Å². The van der Waals surface area contributed by atoms with Crippen LogP contribution in [0.3, 0.4) is 0 Å². The summed E-state index contributed by atoms with van der Waals surface area (Å²) in [4.78, 5) is 14.0. The third kappa shape index (κ3) is 3.17. The van der Waals surface area contributed by atoms with Crippen LogP contribution in [0.15, 0.2) is 12.3 Å². The van der Waals surface area contributed by atoms with Gasteiger partial charge in [0.1, 0.15) is 12.0 Å². The third-order valence-electron chi connectivity index (χ3n) is 1.97. The Morgan fingerprint density at radius 1 is 1.67 bits per heavy atom. The number of nitrogens with zero attached hydrogens (tertiary/aromatic N) is 2. The standard InChI is InChI=1S/C9H14N4O2/c1-7-5-9(11-4-2-3-10)12-6-8(7)13(14)15/h5-6H,2-4,10H2,1H3,(H,11,12). The minimum atomic E-state index is -0.438. The predicted octanol–water partition coefficient (Wildman–Crippen LogP) is 1.06. The van der Waals surface area contributed by atoms with E-state index in [1.807, 2.05) is 0 Å². The lowest BCUT2D eigenvalue weighted by molar-refractivity contribution is -0.385. The molecule has 0 aliphatic heterocycles. The Bertz CT molecular complexity index is 354. The SMILES string of the molecule is Cc1cc(NCCCN)ncc1[N+](=O)[O-]. The van der Waals surface area contributed by atoms with Gasteiger partial charge >= 0.3 is 0 Å². The molecule has 0 spiro atoms. The van der Waals surface area contributed by atoms with Crippen LogP contribution in [0.1, 0.15) is 12.0 Å². The van der Waals surface area contributed by atoms with E-state index in [4.69, 9.17) is 5.73 Å². The summed E-state index contributed by atoms with van der Waals surface area (Å²) in [5.74, 6) is 0.645. The highest BCUT2D eigenvalue weighted by Gasteiger charge is 2.10. The maximum Gasteiger partial charge on any atom is 0.290 e. The molecule has 1 aromatic rings. The molecule has 0 saturated heterocycles. The highest BCUT2D eigenvalue weighted by Crippen LogP contribution is 2.18. The number of hydrogen-bond donors (Lipinski definition) is 2. The fourth-order valence-electron chi connectivity index (χ4n) is 1.16. The molecule has 6 nitrogen and oxygen atoms in total. The molecule has 1 rings (SSSR count). The molecular formula is C9H14N4O2. The van der Waals surface area contributed by atoms with E-state index in [9.17, 15) is 10.1 Å². The van der Waals surface area contributed by atoms with Crippen molar-refractivity contribution in [3.05, 3.63) is 27.9 Å². The molecule has 0 saturated carbocycles. The van der Waals surface area contributed by atoms with Gasteiger partial charge in [-0.3, -0.25) is 10.1 Å². The Balaban J connectivity index is 2.69. The zero-order valence-electron chi connectivity index (χ0n) is 8.56. The first-order valence-electron chi connectivity index (χ1n) is 4.70. The molecule has 0 radical (unpaired) electrons. The monoisotopic (exact) mass is 210 g/mol. The van der Waals surface area contributed by atoms with E-state index in [0.717, 1.165) is 13.0 Å². The molecule has 1 heterocycles. The fraction of sp³-hybridized carbons (Fsp3) is 0.444. The summed E-state index contributed by atoms with van der Waals surface area (Å²) in [5, 5.41) is 13.6. The van der Waals surface area contributed by atoms with Crippen molar-refractivity contribution in [3.8, 4) is 0 Å². The Labute approximate surface area is 87.7 Å². The predicted molar refractivity (Wildman–Crippen MR) is 57.8 cm³/mol. The summed E-state index contributed by atoms with van der Waals surface area (Å²) >= 11 is 0. The van der Waals surface area contributed by atoms with Crippen molar-refractivity contribution in [3.63, 3.8) is 0 Å². The number of rotatable bonds is 5. The average molecular weight is 210 g/mol. The average Bonchev–Trinajstić information content (AvgIpc) is 2.17. The van der Waals surface area contributed by atoms with Gasteiger partial charge in [-0.2, -0.15) is 0 Å². The molecule has 0 unspecified atom stereocenters. The number of nitro groups is 1. The Kier molecular flexibility index (Phi) is 3.99. The smallest absolute Gasteiger partial charge is 0.290 e. The number of nitrogens with two attached hydrogens (primary N) is 1. The van der Waals surface area contributed by atoms with Crippen LogP contribution in [0.5, 0.6) is 0 Å². The molecular weight excluding hydrogens is 196 g/mol. The quantitative estimate of drug-likeness (QED) is 0.430. The van der Waals surface area contributed by atoms with Gasteiger partial charge in [-0.05, 0) is 26.0 Å². The van der Waals surface area contributed by atoms with Gasteiger partial charge in [0, 0.05) is 12.1 Å². The van der Waals surface area contributed by atoms with Gasteiger partial charge in [0.05, 0.1) is 4.92 Å². The molecule has 0 atom stereocenters. The number of nitrogens with one attached hydrogen (secondary N) is 1. The highest BCUT2D eigenvalue weighted by molar-refractivity contribution is 5.46. The van der Waals surface area contributed by atoms with Gasteiger partial charge in [-0.15, -0.1) is 0 Å². The minimum Gasteiger partial charge on any atom is -0.370 e. The van der Waals surface area contributed by atoms with Gasteiger partial charge in [-0.25, -0.2) is 4.98 Å². The van der Waals surface area contributed by atoms with Crippen molar-refractivity contribution in [1.29, 1.82) is 0 Å². The van der Waals surface area contributed by atoms with E-state index >= 15 is 0 Å². The molecule has 0 aromatic carbocycles. The van der Waals surface area contributed by atoms with E-state index in [1.165, 1.54) is 6.20 Å². The molecule has 6 heteroatoms. The number of anilines is 1. The second kappa shape index (κ2) is 5.26. The second-order valence-corrected chi connectivity index (χ2v) is 3.18. The fourth-order valence-corrected chi connectivity index (χ4v) is 1.16. The highest BCUT2D eigenvalue weighted by atomic mass is 16.6. The molecule has 3 N–H and O–H groups in total. The van der Waals surface area contributed by atoms with Crippen molar-refractivity contribution in [1.82, 2.24) is 4.98 Å². The number of hydrogen-bond acceptors (Lipinski definition) is 5. The number of aryl methyl sites for hydroxylation is 1. The van der Waals surface area contributed by atoms with Crippen molar-refractivity contribution in [2.45, 2.75) is 13.3 Å². The topological polar surface area (TPSA) is 94.1 Å². The molecule has 0 aliphatic carbocycles. The summed E-state index contributed by atoms with van der Waals surface area (Å²) in [5.41, 5.74) is 5.98. The van der Waals surface area contributed by atoms with Crippen LogP contribution >= 0.6 is 0 Å². The molecule has 82 valence electrons. The molecule has 0 aliphatic rings. The first kappa shape index (κ1) is 11.4. The maximum absolute atomic E-state index is 10.5. The first-order valence-corrected chi connectivity index (χ1v) is 4.70. The van der Waals surface area contributed by atoms with Crippen LogP contribution in [0.4, 0.5) is 11.5 Å². The zero-order chi connectivity index (χ0) is 11.3. The van der Waals surface area contributed by atoms with Crippen LogP contribution < -0.4 is 11.1 Å². The van der Waals surface area contributed by atoms with Gasteiger partial charge in [0.15, 0.2) is 0 Å². The first-order chi connectivity index (χ1) is 7.15. The lowest BCUT2D eigenvalue weighted by atomic mass is 10.2. The number of aromatic nitrogens is 1. The normalized spacial score (nSPS) is 10.0. The van der Waals surface area contributed by atoms with Gasteiger partial charge in [0.25, 0.3) is 5.69 Å². The molecule has 15 heavy (non-hydrogen) atoms. The maximum atomic E-state index is 10.5. The minimum absolute atomic E-state index is 0.0411. The second-order valence-electron chi connectivity index (χ2n) is 3.18. The summed E-state index contributed by atoms with van der Waals surface area (Å²) in [6.45, 7) is 3.02. The Morgan fingerprint density at radius 2 is 2.40 bits per heavy atom. The van der Waals surface area contributed by atoms with E-state index in [2.05, 4.69) is 10.3 Å². The van der Waals surface area contributed by atoms with E-state index < -0.39 is 4.92 Å². The Morgan fingerprint density at radius 3 is 2.93 bits per heavy atom. The summed E-state index contributed by atoms with van der Waals surface area (Å²) < 4.78 is 0. The lowest BCUT2D eigenvalue weighted by Gasteiger charge is -2.05. The number of pyridine rings is 1. The zero-order valence-corrected chi connectivity index (χ0v) is 8.56. The van der Waals surface area contributed by atoms with E-state index in [1.54, 1.807) is 13.0 Å². The van der Waals surface area contributed by atoms with E-state index in [0.29, 0.717) is 17.9 Å². The molecule has 0 bridgehead atoms. The van der Waals surface area contributed by atoms with Crippen LogP contribution in [-0.4, -0.2) is 23.0 Å². The summed E-state index contributed by atoms with van der Waals surface area (Å²) in [7, 11) is 0. The van der Waals surface area contributed by atoms with Crippen LogP contribution in [0, 0.1) is 17.0 Å². The Hall–Kier alpha value is -1.69. The lowest BCUT2D eigenvalue weighted by Crippen LogP contribution is -2.09. The van der Waals surface area contributed by atoms with Crippen molar-refractivity contribution in [2.75, 3.05) is 18.4 Å². The van der Waals surface area contributed by atoms with E-state index in [-0.39, 0.29) is 5.69 Å². The summed E-state index contributed by atoms with van der Waals surface area (Å²) in [6.07, 6.45) is 2.11. The summed E-state index contributed by atoms with van der Waals surface area (Å²) in [6, 6.07) is 1.66. The van der Waals surface area contributed by atoms with Crippen molar-refractivity contribution < 1.29 is 4.92 Å². The van der Waals surface area contributed by atoms with Gasteiger partial charge in [-0.1, -0.05) is 0 Å². The van der Waals surface area contributed by atoms with Crippen LogP contribution in [0.2, 0.25) is 0 Å².